The normalized spacial score (nSPS) is 18.7. The van der Waals surface area contributed by atoms with Crippen LogP contribution in [0.5, 0.6) is 0 Å². The van der Waals surface area contributed by atoms with Crippen LogP contribution in [0.25, 0.3) is 0 Å². The van der Waals surface area contributed by atoms with Gasteiger partial charge in [-0.25, -0.2) is 13.1 Å². The van der Waals surface area contributed by atoms with E-state index < -0.39 is 10.0 Å². The number of hydrogen-bond acceptors (Lipinski definition) is 3. The lowest BCUT2D eigenvalue weighted by Gasteiger charge is -2.15. The predicted octanol–water partition coefficient (Wildman–Crippen LogP) is 1.56. The maximum Gasteiger partial charge on any atom is 0.214 e. The van der Waals surface area contributed by atoms with Crippen molar-refractivity contribution in [1.82, 2.24) is 14.5 Å². The van der Waals surface area contributed by atoms with Gasteiger partial charge in [-0.1, -0.05) is 25.7 Å². The van der Waals surface area contributed by atoms with E-state index in [2.05, 4.69) is 9.82 Å². The van der Waals surface area contributed by atoms with Crippen molar-refractivity contribution >= 4 is 10.0 Å². The van der Waals surface area contributed by atoms with Gasteiger partial charge in [-0.3, -0.25) is 4.68 Å². The van der Waals surface area contributed by atoms with Gasteiger partial charge in [-0.05, 0) is 18.9 Å². The van der Waals surface area contributed by atoms with Gasteiger partial charge in [0.25, 0.3) is 0 Å². The van der Waals surface area contributed by atoms with Gasteiger partial charge in [0.1, 0.15) is 0 Å². The van der Waals surface area contributed by atoms with Crippen LogP contribution in [0.2, 0.25) is 0 Å². The van der Waals surface area contributed by atoms with Crippen LogP contribution < -0.4 is 4.72 Å². The van der Waals surface area contributed by atoms with Crippen LogP contribution in [0.1, 0.15) is 44.2 Å². The van der Waals surface area contributed by atoms with E-state index in [1.807, 2.05) is 13.1 Å². The SMILES string of the molecule is Cn1nccc1CNS(=O)(=O)C1CCCCCC1. The summed E-state index contributed by atoms with van der Waals surface area (Å²) < 4.78 is 28.8. The number of rotatable bonds is 4. The van der Waals surface area contributed by atoms with Gasteiger partial charge in [0, 0.05) is 13.2 Å². The fourth-order valence-corrected chi connectivity index (χ4v) is 3.96. The summed E-state index contributed by atoms with van der Waals surface area (Å²) in [7, 11) is -1.38. The Kier molecular flexibility index (Phi) is 4.40. The largest absolute Gasteiger partial charge is 0.271 e. The molecule has 6 heteroatoms. The lowest BCUT2D eigenvalue weighted by molar-refractivity contribution is 0.545. The Morgan fingerprint density at radius 3 is 2.56 bits per heavy atom. The lowest BCUT2D eigenvalue weighted by Crippen LogP contribution is -2.34. The summed E-state index contributed by atoms with van der Waals surface area (Å²) in [4.78, 5) is 0. The van der Waals surface area contributed by atoms with Crippen LogP contribution in [-0.2, 0) is 23.6 Å². The molecular weight excluding hydrogens is 250 g/mol. The molecule has 0 aromatic carbocycles. The molecule has 0 amide bonds. The highest BCUT2D eigenvalue weighted by molar-refractivity contribution is 7.90. The number of nitrogens with zero attached hydrogens (tertiary/aromatic N) is 2. The topological polar surface area (TPSA) is 64.0 Å². The first-order chi connectivity index (χ1) is 8.59. The highest BCUT2D eigenvalue weighted by atomic mass is 32.2. The van der Waals surface area contributed by atoms with Gasteiger partial charge >= 0.3 is 0 Å². The molecule has 2 rings (SSSR count). The molecule has 1 fully saturated rings. The van der Waals surface area contributed by atoms with E-state index in [0.717, 1.165) is 44.2 Å². The molecule has 1 aromatic rings. The average Bonchev–Trinajstić information content (AvgIpc) is 2.59. The average molecular weight is 271 g/mol. The van der Waals surface area contributed by atoms with Crippen molar-refractivity contribution in [3.8, 4) is 0 Å². The molecule has 0 spiro atoms. The first-order valence-electron chi connectivity index (χ1n) is 6.55. The molecule has 0 atom stereocenters. The van der Waals surface area contributed by atoms with E-state index in [-0.39, 0.29) is 5.25 Å². The Balaban J connectivity index is 1.96. The molecule has 0 saturated heterocycles. The minimum absolute atomic E-state index is 0.215. The van der Waals surface area contributed by atoms with Crippen LogP contribution in [0.3, 0.4) is 0 Å². The third kappa shape index (κ3) is 3.32. The molecule has 1 N–H and O–H groups in total. The number of sulfonamides is 1. The monoisotopic (exact) mass is 271 g/mol. The summed E-state index contributed by atoms with van der Waals surface area (Å²) in [6.07, 6.45) is 7.63. The standard InChI is InChI=1S/C12H21N3O2S/c1-15-11(8-9-13-15)10-14-18(16,17)12-6-4-2-3-5-7-12/h8-9,12,14H,2-7,10H2,1H3. The van der Waals surface area contributed by atoms with E-state index in [9.17, 15) is 8.42 Å². The summed E-state index contributed by atoms with van der Waals surface area (Å²) in [5.41, 5.74) is 0.882. The number of hydrogen-bond donors (Lipinski definition) is 1. The first kappa shape index (κ1) is 13.5. The number of aromatic nitrogens is 2. The van der Waals surface area contributed by atoms with Gasteiger partial charge in [0.15, 0.2) is 0 Å². The molecular formula is C12H21N3O2S. The van der Waals surface area contributed by atoms with E-state index >= 15 is 0 Å². The Morgan fingerprint density at radius 1 is 1.33 bits per heavy atom. The maximum absolute atomic E-state index is 12.2. The van der Waals surface area contributed by atoms with Crippen LogP contribution in [-0.4, -0.2) is 23.4 Å². The second-order valence-corrected chi connectivity index (χ2v) is 6.97. The Morgan fingerprint density at radius 2 is 2.00 bits per heavy atom. The fourth-order valence-electron chi connectivity index (χ4n) is 2.42. The molecule has 0 radical (unpaired) electrons. The molecule has 1 aromatic heterocycles. The van der Waals surface area contributed by atoms with E-state index in [1.165, 1.54) is 0 Å². The Bertz CT molecular complexity index is 473. The zero-order chi connectivity index (χ0) is 13.0. The summed E-state index contributed by atoms with van der Waals surface area (Å²) in [6, 6.07) is 1.83. The smallest absolute Gasteiger partial charge is 0.214 e. The van der Waals surface area contributed by atoms with Crippen LogP contribution in [0.4, 0.5) is 0 Å². The van der Waals surface area contributed by atoms with Crippen molar-refractivity contribution in [2.24, 2.45) is 7.05 Å². The minimum Gasteiger partial charge on any atom is -0.271 e. The molecule has 18 heavy (non-hydrogen) atoms. The maximum atomic E-state index is 12.2. The molecule has 102 valence electrons. The zero-order valence-corrected chi connectivity index (χ0v) is 11.6. The highest BCUT2D eigenvalue weighted by Crippen LogP contribution is 2.22. The molecule has 1 aliphatic carbocycles. The summed E-state index contributed by atoms with van der Waals surface area (Å²) in [6.45, 7) is 0.329. The molecule has 1 aliphatic rings. The van der Waals surface area contributed by atoms with Crippen molar-refractivity contribution in [3.05, 3.63) is 18.0 Å². The lowest BCUT2D eigenvalue weighted by atomic mass is 10.2. The molecule has 1 saturated carbocycles. The summed E-state index contributed by atoms with van der Waals surface area (Å²) >= 11 is 0. The molecule has 0 unspecified atom stereocenters. The molecule has 5 nitrogen and oxygen atoms in total. The van der Waals surface area contributed by atoms with E-state index in [0.29, 0.717) is 6.54 Å². The van der Waals surface area contributed by atoms with Crippen molar-refractivity contribution in [2.45, 2.75) is 50.3 Å². The van der Waals surface area contributed by atoms with Crippen molar-refractivity contribution in [2.75, 3.05) is 0 Å². The van der Waals surface area contributed by atoms with Gasteiger partial charge < -0.3 is 0 Å². The number of nitrogens with one attached hydrogen (secondary N) is 1. The van der Waals surface area contributed by atoms with Crippen LogP contribution >= 0.6 is 0 Å². The first-order valence-corrected chi connectivity index (χ1v) is 8.09. The van der Waals surface area contributed by atoms with Gasteiger partial charge in [-0.15, -0.1) is 0 Å². The zero-order valence-electron chi connectivity index (χ0n) is 10.8. The van der Waals surface area contributed by atoms with Gasteiger partial charge in [-0.2, -0.15) is 5.10 Å². The predicted molar refractivity (Wildman–Crippen MR) is 70.5 cm³/mol. The van der Waals surface area contributed by atoms with Crippen LogP contribution in [0.15, 0.2) is 12.3 Å². The van der Waals surface area contributed by atoms with Gasteiger partial charge in [0.2, 0.25) is 10.0 Å². The van der Waals surface area contributed by atoms with Crippen molar-refractivity contribution < 1.29 is 8.42 Å². The third-order valence-electron chi connectivity index (χ3n) is 3.62. The Hall–Kier alpha value is -0.880. The van der Waals surface area contributed by atoms with Crippen molar-refractivity contribution in [3.63, 3.8) is 0 Å². The second-order valence-electron chi connectivity index (χ2n) is 4.93. The summed E-state index contributed by atoms with van der Waals surface area (Å²) in [5, 5.41) is 3.81. The molecule has 0 bridgehead atoms. The van der Waals surface area contributed by atoms with Gasteiger partial charge in [0.05, 0.1) is 17.5 Å². The number of aryl methyl sites for hydroxylation is 1. The second kappa shape index (κ2) is 5.84. The Labute approximate surface area is 109 Å². The quantitative estimate of drug-likeness (QED) is 0.845. The van der Waals surface area contributed by atoms with Crippen molar-refractivity contribution in [1.29, 1.82) is 0 Å². The van der Waals surface area contributed by atoms with Crippen LogP contribution in [0, 0.1) is 0 Å². The van der Waals surface area contributed by atoms with E-state index in [4.69, 9.17) is 0 Å². The molecule has 1 heterocycles. The minimum atomic E-state index is -3.19. The summed E-state index contributed by atoms with van der Waals surface area (Å²) in [5.74, 6) is 0. The van der Waals surface area contributed by atoms with E-state index in [1.54, 1.807) is 10.9 Å². The fraction of sp³-hybridized carbons (Fsp3) is 0.750. The molecule has 0 aliphatic heterocycles. The highest BCUT2D eigenvalue weighted by Gasteiger charge is 2.25. The third-order valence-corrected chi connectivity index (χ3v) is 5.51.